The number of para-hydroxylation sites is 2. The van der Waals surface area contributed by atoms with E-state index in [4.69, 9.17) is 0 Å². The number of aromatic nitrogens is 1. The van der Waals surface area contributed by atoms with Crippen molar-refractivity contribution in [2.45, 2.75) is 24.8 Å². The third-order valence-corrected chi connectivity index (χ3v) is 15.8. The normalized spacial score (nSPS) is 16.4. The van der Waals surface area contributed by atoms with E-state index in [0.717, 1.165) is 17.8 Å². The van der Waals surface area contributed by atoms with E-state index in [0.29, 0.717) is 0 Å². The first kappa shape index (κ1) is 41.9. The monoisotopic (exact) mass is 918 g/mol. The summed E-state index contributed by atoms with van der Waals surface area (Å²) >= 11 is 0. The molecule has 0 N–H and O–H groups in total. The maximum atomic E-state index is 2.61. The molecule has 0 aliphatic heterocycles. The van der Waals surface area contributed by atoms with Crippen molar-refractivity contribution in [1.82, 2.24) is 4.57 Å². The number of hydrogen-bond donors (Lipinski definition) is 0. The van der Waals surface area contributed by atoms with Crippen molar-refractivity contribution in [1.29, 1.82) is 0 Å². The second-order valence-electron chi connectivity index (χ2n) is 19.6. The summed E-state index contributed by atoms with van der Waals surface area (Å²) < 4.78 is 2.39. The van der Waals surface area contributed by atoms with Crippen molar-refractivity contribution in [3.63, 3.8) is 0 Å². The van der Waals surface area contributed by atoms with E-state index in [1.54, 1.807) is 0 Å². The largest absolute Gasteiger partial charge is 0.334 e. The van der Waals surface area contributed by atoms with Gasteiger partial charge in [-0.05, 0) is 151 Å². The molecule has 1 heterocycles. The van der Waals surface area contributed by atoms with Crippen LogP contribution in [0.25, 0.3) is 66.5 Å². The van der Waals surface area contributed by atoms with Gasteiger partial charge in [-0.3, -0.25) is 0 Å². The molecule has 10 aromatic carbocycles. The van der Waals surface area contributed by atoms with E-state index < -0.39 is 0 Å². The lowest BCUT2D eigenvalue weighted by Gasteiger charge is -2.37. The summed E-state index contributed by atoms with van der Waals surface area (Å²) in [5, 5.41) is 2.51. The lowest BCUT2D eigenvalue weighted by atomic mass is 9.72. The van der Waals surface area contributed by atoms with Crippen LogP contribution in [0.1, 0.15) is 52.3 Å². The molecule has 0 fully saturated rings. The van der Waals surface area contributed by atoms with Crippen LogP contribution in [-0.2, 0) is 5.41 Å². The first-order chi connectivity index (χ1) is 35.6. The highest BCUT2D eigenvalue weighted by molar-refractivity contribution is 6.14. The molecule has 3 aliphatic rings. The minimum absolute atomic E-state index is 0.0318. The number of rotatable bonds is 8. The smallest absolute Gasteiger partial charge is 0.0563 e. The second-order valence-corrected chi connectivity index (χ2v) is 19.6. The van der Waals surface area contributed by atoms with Gasteiger partial charge in [0.2, 0.25) is 0 Å². The predicted molar refractivity (Wildman–Crippen MR) is 302 cm³/mol. The number of allylic oxidation sites excluding steroid dienone is 2. The second kappa shape index (κ2) is 16.9. The van der Waals surface area contributed by atoms with Gasteiger partial charge in [0, 0.05) is 33.2 Å². The summed E-state index contributed by atoms with van der Waals surface area (Å²) in [6, 6.07) is 94.1. The molecule has 0 saturated heterocycles. The number of hydrogen-bond acceptors (Lipinski definition) is 1. The molecular weight excluding hydrogens is 869 g/mol. The van der Waals surface area contributed by atoms with E-state index in [-0.39, 0.29) is 11.5 Å². The Labute approximate surface area is 421 Å². The Morgan fingerprint density at radius 1 is 0.458 bits per heavy atom. The summed E-state index contributed by atoms with van der Waals surface area (Å²) in [7, 11) is 0. The highest BCUT2D eigenvalue weighted by Crippen LogP contribution is 2.56. The summed E-state index contributed by atoms with van der Waals surface area (Å²) in [6.07, 6.45) is 5.99. The molecule has 14 rings (SSSR count). The first-order valence-electron chi connectivity index (χ1n) is 25.3. The van der Waals surface area contributed by atoms with Crippen LogP contribution in [0.5, 0.6) is 0 Å². The molecule has 2 atom stereocenters. The molecule has 2 unspecified atom stereocenters. The van der Waals surface area contributed by atoms with Gasteiger partial charge in [0.1, 0.15) is 0 Å². The summed E-state index contributed by atoms with van der Waals surface area (Å²) in [4.78, 5) is 2.61. The molecule has 0 spiro atoms. The Bertz CT molecular complexity index is 3950. The predicted octanol–water partition coefficient (Wildman–Crippen LogP) is 17.7. The first-order valence-corrected chi connectivity index (χ1v) is 25.3. The minimum atomic E-state index is -0.310. The molecule has 340 valence electrons. The van der Waals surface area contributed by atoms with Crippen LogP contribution < -0.4 is 4.90 Å². The maximum absolute atomic E-state index is 2.61. The third kappa shape index (κ3) is 6.56. The van der Waals surface area contributed by atoms with E-state index in [1.807, 2.05) is 0 Å². The Balaban J connectivity index is 0.947. The standard InChI is InChI=1S/C70H50N2/c1-70(51-24-10-4-11-25-51)64-32-18-16-29-58(64)59-42-40-55(46-65(59)70)71(53-37-34-47(35-38-53)50-36-43-67-62(44-50)60-30-17-19-33-66(60)72(67)52-26-12-5-13-27-52)54-39-41-57-56-28-14-15-31-61(56)69(63(57)45-54)68(48-20-6-2-7-21-48)49-22-8-3-9-23-49/h2-39,41-46,55H,40H2,1H3. The van der Waals surface area contributed by atoms with Crippen molar-refractivity contribution in [2.24, 2.45) is 0 Å². The quantitative estimate of drug-likeness (QED) is 0.147. The average Bonchev–Trinajstić information content (AvgIpc) is 4.05. The highest BCUT2D eigenvalue weighted by Gasteiger charge is 2.45. The van der Waals surface area contributed by atoms with Crippen molar-refractivity contribution < 1.29 is 0 Å². The van der Waals surface area contributed by atoms with Crippen LogP contribution in [0.3, 0.4) is 0 Å². The highest BCUT2D eigenvalue weighted by atomic mass is 15.2. The SMILES string of the molecule is CC1(c2ccccc2)C2=CC(N(c3ccc(-c4ccc5c(c4)c4ccccc4n5-c4ccccc4)cc3)c3ccc4c(c3)C(=C(c3ccccc3)c3ccccc3)c3ccccc3-4)CC=C2c2ccccc21. The molecule has 2 nitrogen and oxygen atoms in total. The van der Waals surface area contributed by atoms with Crippen molar-refractivity contribution in [3.05, 3.63) is 311 Å². The topological polar surface area (TPSA) is 8.17 Å². The van der Waals surface area contributed by atoms with Gasteiger partial charge >= 0.3 is 0 Å². The minimum Gasteiger partial charge on any atom is -0.334 e. The Kier molecular flexibility index (Phi) is 9.82. The molecule has 3 aliphatic carbocycles. The van der Waals surface area contributed by atoms with Crippen molar-refractivity contribution in [3.8, 4) is 27.9 Å². The number of benzene rings is 10. The van der Waals surface area contributed by atoms with Crippen LogP contribution in [0.15, 0.2) is 273 Å². The lowest BCUT2D eigenvalue weighted by Crippen LogP contribution is -2.33. The van der Waals surface area contributed by atoms with Crippen LogP contribution in [-0.4, -0.2) is 10.6 Å². The van der Waals surface area contributed by atoms with Gasteiger partial charge in [-0.15, -0.1) is 0 Å². The van der Waals surface area contributed by atoms with Gasteiger partial charge in [-0.25, -0.2) is 0 Å². The fourth-order valence-corrected chi connectivity index (χ4v) is 12.4. The van der Waals surface area contributed by atoms with E-state index in [1.165, 1.54) is 111 Å². The zero-order valence-corrected chi connectivity index (χ0v) is 40.1. The maximum Gasteiger partial charge on any atom is 0.0563 e. The molecule has 1 aromatic heterocycles. The fraction of sp³-hybridized carbons (Fsp3) is 0.0571. The van der Waals surface area contributed by atoms with Crippen LogP contribution in [0, 0.1) is 0 Å². The van der Waals surface area contributed by atoms with Crippen LogP contribution in [0.4, 0.5) is 11.4 Å². The molecule has 2 heteroatoms. The number of fused-ring (bicyclic) bond motifs is 9. The lowest BCUT2D eigenvalue weighted by molar-refractivity contribution is 0.688. The van der Waals surface area contributed by atoms with E-state index >= 15 is 0 Å². The summed E-state index contributed by atoms with van der Waals surface area (Å²) in [6.45, 7) is 2.43. The van der Waals surface area contributed by atoms with E-state index in [9.17, 15) is 0 Å². The molecule has 0 radical (unpaired) electrons. The Hall–Kier alpha value is -8.98. The zero-order chi connectivity index (χ0) is 47.8. The molecule has 0 saturated carbocycles. The molecule has 11 aromatic rings. The Morgan fingerprint density at radius 3 is 1.76 bits per heavy atom. The molecular formula is C70H50N2. The molecule has 0 bridgehead atoms. The van der Waals surface area contributed by atoms with Crippen LogP contribution >= 0.6 is 0 Å². The molecule has 0 amide bonds. The van der Waals surface area contributed by atoms with Crippen LogP contribution in [0.2, 0.25) is 0 Å². The molecule has 72 heavy (non-hydrogen) atoms. The fourth-order valence-electron chi connectivity index (χ4n) is 12.4. The van der Waals surface area contributed by atoms with Gasteiger partial charge in [-0.1, -0.05) is 212 Å². The Morgan fingerprint density at radius 2 is 1.03 bits per heavy atom. The zero-order valence-electron chi connectivity index (χ0n) is 40.1. The number of nitrogens with zero attached hydrogens (tertiary/aromatic N) is 2. The van der Waals surface area contributed by atoms with Crippen molar-refractivity contribution >= 4 is 49.9 Å². The summed E-state index contributed by atoms with van der Waals surface area (Å²) in [5.74, 6) is 0. The third-order valence-electron chi connectivity index (χ3n) is 15.8. The van der Waals surface area contributed by atoms with E-state index in [2.05, 4.69) is 283 Å². The van der Waals surface area contributed by atoms with Gasteiger partial charge in [0.15, 0.2) is 0 Å². The van der Waals surface area contributed by atoms with Crippen molar-refractivity contribution in [2.75, 3.05) is 4.90 Å². The van der Waals surface area contributed by atoms with Gasteiger partial charge in [0.25, 0.3) is 0 Å². The van der Waals surface area contributed by atoms with Gasteiger partial charge < -0.3 is 9.47 Å². The number of anilines is 2. The van der Waals surface area contributed by atoms with Gasteiger partial charge in [0.05, 0.1) is 17.1 Å². The summed E-state index contributed by atoms with van der Waals surface area (Å²) in [5.41, 5.74) is 24.7. The van der Waals surface area contributed by atoms with Gasteiger partial charge in [-0.2, -0.15) is 0 Å². The average molecular weight is 919 g/mol.